The van der Waals surface area contributed by atoms with E-state index in [0.29, 0.717) is 22.4 Å². The largest absolute Gasteiger partial charge is 0.484 e. The monoisotopic (exact) mass is 501 g/mol. The molecule has 4 rings (SSSR count). The number of benzene rings is 3. The fourth-order valence-electron chi connectivity index (χ4n) is 3.33. The number of carbonyl (C=O) groups is 2. The van der Waals surface area contributed by atoms with Crippen molar-refractivity contribution in [1.82, 2.24) is 14.8 Å². The molecule has 0 aliphatic carbocycles. The molecule has 0 aliphatic heterocycles. The molecule has 0 saturated carbocycles. The molecule has 0 bridgehead atoms. The summed E-state index contributed by atoms with van der Waals surface area (Å²) in [5, 5.41) is 14.6. The minimum Gasteiger partial charge on any atom is -0.484 e. The Bertz CT molecular complexity index is 1320. The molecular weight excluding hydrogens is 474 g/mol. The zero-order valence-electron chi connectivity index (χ0n) is 20.3. The molecule has 0 fully saturated rings. The lowest BCUT2D eigenvalue weighted by atomic mass is 10.2. The molecule has 3 aromatic carbocycles. The van der Waals surface area contributed by atoms with E-state index in [1.54, 1.807) is 24.3 Å². The van der Waals surface area contributed by atoms with E-state index >= 15 is 0 Å². The van der Waals surface area contributed by atoms with Crippen LogP contribution in [0.2, 0.25) is 0 Å². The van der Waals surface area contributed by atoms with Crippen LogP contribution in [0.4, 0.5) is 11.4 Å². The lowest BCUT2D eigenvalue weighted by Crippen LogP contribution is -2.22. The summed E-state index contributed by atoms with van der Waals surface area (Å²) in [7, 11) is 1.86. The van der Waals surface area contributed by atoms with E-state index in [2.05, 4.69) is 20.8 Å². The van der Waals surface area contributed by atoms with Crippen molar-refractivity contribution in [3.05, 3.63) is 84.4 Å². The molecule has 2 N–H and O–H groups in total. The van der Waals surface area contributed by atoms with Crippen molar-refractivity contribution in [2.75, 3.05) is 17.2 Å². The summed E-state index contributed by atoms with van der Waals surface area (Å²) in [6.07, 6.45) is 0. The maximum absolute atomic E-state index is 12.6. The van der Waals surface area contributed by atoms with Gasteiger partial charge in [-0.05, 0) is 62.4 Å². The van der Waals surface area contributed by atoms with E-state index in [1.807, 2.05) is 80.1 Å². The fourth-order valence-corrected chi connectivity index (χ4v) is 4.14. The van der Waals surface area contributed by atoms with Gasteiger partial charge in [-0.15, -0.1) is 10.2 Å². The van der Waals surface area contributed by atoms with Gasteiger partial charge in [0.05, 0.1) is 5.25 Å². The summed E-state index contributed by atoms with van der Waals surface area (Å²) >= 11 is 1.34. The van der Waals surface area contributed by atoms with Crippen LogP contribution in [0.15, 0.2) is 84.0 Å². The lowest BCUT2D eigenvalue weighted by Gasteiger charge is -2.12. The van der Waals surface area contributed by atoms with Crippen molar-refractivity contribution in [3.63, 3.8) is 0 Å². The first kappa shape index (κ1) is 25.0. The van der Waals surface area contributed by atoms with Crippen LogP contribution in [0, 0.1) is 6.92 Å². The predicted octanol–water partition coefficient (Wildman–Crippen LogP) is 4.93. The molecule has 0 spiro atoms. The highest BCUT2D eigenvalue weighted by Gasteiger charge is 2.19. The maximum atomic E-state index is 12.6. The number of hydrogen-bond acceptors (Lipinski definition) is 6. The number of anilines is 2. The zero-order valence-corrected chi connectivity index (χ0v) is 21.1. The molecule has 0 unspecified atom stereocenters. The summed E-state index contributed by atoms with van der Waals surface area (Å²) in [5.74, 6) is 0.946. The normalized spacial score (nSPS) is 11.5. The summed E-state index contributed by atoms with van der Waals surface area (Å²) in [6.45, 7) is 3.76. The van der Waals surface area contributed by atoms with Crippen LogP contribution in [-0.2, 0) is 16.6 Å². The van der Waals surface area contributed by atoms with Crippen LogP contribution in [0.5, 0.6) is 5.75 Å². The second kappa shape index (κ2) is 11.5. The molecule has 9 heteroatoms. The van der Waals surface area contributed by atoms with Gasteiger partial charge in [0, 0.05) is 24.0 Å². The van der Waals surface area contributed by atoms with Gasteiger partial charge in [-0.3, -0.25) is 9.59 Å². The van der Waals surface area contributed by atoms with Gasteiger partial charge in [0.1, 0.15) is 5.75 Å². The SMILES string of the molecule is Cc1ccc(NC(=O)[C@H](C)Sc2nnc(-c3ccc(NC(=O)COc4ccccc4)cc3)n2C)cc1. The van der Waals surface area contributed by atoms with Gasteiger partial charge in [-0.25, -0.2) is 0 Å². The molecule has 36 heavy (non-hydrogen) atoms. The molecule has 1 heterocycles. The summed E-state index contributed by atoms with van der Waals surface area (Å²) in [6, 6.07) is 24.2. The van der Waals surface area contributed by atoms with E-state index in [-0.39, 0.29) is 23.7 Å². The number of thioether (sulfide) groups is 1. The first-order chi connectivity index (χ1) is 17.4. The topological polar surface area (TPSA) is 98.1 Å². The standard InChI is InChI=1S/C27H27N5O3S/c1-18-9-13-22(14-10-18)29-26(34)19(2)36-27-31-30-25(32(27)3)20-11-15-21(16-12-20)28-24(33)17-35-23-7-5-4-6-8-23/h4-16,19H,17H2,1-3H3,(H,28,33)(H,29,34)/t19-/m0/s1. The molecular formula is C27H27N5O3S. The Kier molecular flexibility index (Phi) is 8.02. The third-order valence-electron chi connectivity index (χ3n) is 5.35. The van der Waals surface area contributed by atoms with Gasteiger partial charge in [0.25, 0.3) is 5.91 Å². The average Bonchev–Trinajstić information content (AvgIpc) is 3.25. The van der Waals surface area contributed by atoms with Crippen molar-refractivity contribution in [3.8, 4) is 17.1 Å². The number of ether oxygens (including phenoxy) is 1. The van der Waals surface area contributed by atoms with Crippen molar-refractivity contribution >= 4 is 35.0 Å². The summed E-state index contributed by atoms with van der Waals surface area (Å²) in [4.78, 5) is 24.8. The number of nitrogens with one attached hydrogen (secondary N) is 2. The minimum atomic E-state index is -0.363. The molecule has 0 saturated heterocycles. The number of nitrogens with zero attached hydrogens (tertiary/aromatic N) is 3. The van der Waals surface area contributed by atoms with Crippen molar-refractivity contribution < 1.29 is 14.3 Å². The van der Waals surface area contributed by atoms with Gasteiger partial charge in [0.2, 0.25) is 5.91 Å². The Morgan fingerprint density at radius 2 is 1.56 bits per heavy atom. The number of rotatable bonds is 9. The van der Waals surface area contributed by atoms with Crippen molar-refractivity contribution in [1.29, 1.82) is 0 Å². The van der Waals surface area contributed by atoms with Gasteiger partial charge in [-0.1, -0.05) is 47.7 Å². The first-order valence-electron chi connectivity index (χ1n) is 11.4. The first-order valence-corrected chi connectivity index (χ1v) is 12.3. The summed E-state index contributed by atoms with van der Waals surface area (Å²) in [5.41, 5.74) is 3.38. The Morgan fingerprint density at radius 3 is 2.25 bits per heavy atom. The highest BCUT2D eigenvalue weighted by molar-refractivity contribution is 8.00. The second-order valence-electron chi connectivity index (χ2n) is 8.21. The van der Waals surface area contributed by atoms with E-state index < -0.39 is 0 Å². The lowest BCUT2D eigenvalue weighted by molar-refractivity contribution is -0.118. The third kappa shape index (κ3) is 6.51. The maximum Gasteiger partial charge on any atom is 0.262 e. The smallest absolute Gasteiger partial charge is 0.262 e. The quantitative estimate of drug-likeness (QED) is 0.316. The number of aryl methyl sites for hydroxylation is 1. The Balaban J connectivity index is 1.33. The number of carbonyl (C=O) groups excluding carboxylic acids is 2. The number of amides is 2. The van der Waals surface area contributed by atoms with Gasteiger partial charge in [-0.2, -0.15) is 0 Å². The number of hydrogen-bond donors (Lipinski definition) is 2. The van der Waals surface area contributed by atoms with E-state index in [9.17, 15) is 9.59 Å². The average molecular weight is 502 g/mol. The molecule has 2 amide bonds. The number of aromatic nitrogens is 3. The van der Waals surface area contributed by atoms with Crippen LogP contribution in [0.25, 0.3) is 11.4 Å². The van der Waals surface area contributed by atoms with Crippen LogP contribution in [-0.4, -0.2) is 38.4 Å². The fraction of sp³-hybridized carbons (Fsp3) is 0.185. The van der Waals surface area contributed by atoms with E-state index in [0.717, 1.165) is 16.8 Å². The molecule has 4 aromatic rings. The van der Waals surface area contributed by atoms with Gasteiger partial charge < -0.3 is 19.9 Å². The van der Waals surface area contributed by atoms with Crippen LogP contribution in [0.1, 0.15) is 12.5 Å². The van der Waals surface area contributed by atoms with Crippen LogP contribution in [0.3, 0.4) is 0 Å². The molecule has 1 aromatic heterocycles. The molecule has 0 aliphatic rings. The van der Waals surface area contributed by atoms with E-state index in [4.69, 9.17) is 4.74 Å². The summed E-state index contributed by atoms with van der Waals surface area (Å²) < 4.78 is 7.32. The minimum absolute atomic E-state index is 0.0781. The number of para-hydroxylation sites is 1. The molecule has 184 valence electrons. The van der Waals surface area contributed by atoms with E-state index in [1.165, 1.54) is 11.8 Å². The van der Waals surface area contributed by atoms with Crippen LogP contribution < -0.4 is 15.4 Å². The zero-order chi connectivity index (χ0) is 25.5. The molecule has 0 radical (unpaired) electrons. The Labute approximate surface area is 214 Å². The van der Waals surface area contributed by atoms with Gasteiger partial charge >= 0.3 is 0 Å². The van der Waals surface area contributed by atoms with Gasteiger partial charge in [0.15, 0.2) is 17.6 Å². The second-order valence-corrected chi connectivity index (χ2v) is 9.52. The third-order valence-corrected chi connectivity index (χ3v) is 6.48. The molecule has 8 nitrogen and oxygen atoms in total. The predicted molar refractivity (Wildman–Crippen MR) is 142 cm³/mol. The molecule has 1 atom stereocenters. The van der Waals surface area contributed by atoms with Crippen LogP contribution >= 0.6 is 11.8 Å². The van der Waals surface area contributed by atoms with Crippen molar-refractivity contribution in [2.24, 2.45) is 7.05 Å². The Hall–Kier alpha value is -4.11. The highest BCUT2D eigenvalue weighted by atomic mass is 32.2. The Morgan fingerprint density at radius 1 is 0.917 bits per heavy atom. The van der Waals surface area contributed by atoms with Crippen molar-refractivity contribution in [2.45, 2.75) is 24.3 Å². The highest BCUT2D eigenvalue weighted by Crippen LogP contribution is 2.27.